The zero-order valence-electron chi connectivity index (χ0n) is 11.5. The van der Waals surface area contributed by atoms with Crippen molar-refractivity contribution in [2.75, 3.05) is 5.73 Å². The molecule has 1 aliphatic rings. The van der Waals surface area contributed by atoms with E-state index >= 15 is 0 Å². The summed E-state index contributed by atoms with van der Waals surface area (Å²) in [5.74, 6) is -0.428. The fraction of sp³-hybridized carbons (Fsp3) is 0.250. The van der Waals surface area contributed by atoms with Crippen molar-refractivity contribution in [2.24, 2.45) is 0 Å². The van der Waals surface area contributed by atoms with Gasteiger partial charge >= 0.3 is 0 Å². The van der Waals surface area contributed by atoms with Crippen LogP contribution in [0.5, 0.6) is 0 Å². The number of benzene rings is 1. The maximum Gasteiger partial charge on any atom is 0.272 e. The molecule has 1 amide bonds. The van der Waals surface area contributed by atoms with Gasteiger partial charge in [-0.15, -0.1) is 0 Å². The van der Waals surface area contributed by atoms with E-state index in [1.807, 2.05) is 6.07 Å². The van der Waals surface area contributed by atoms with E-state index in [2.05, 4.69) is 4.98 Å². The summed E-state index contributed by atoms with van der Waals surface area (Å²) in [5, 5.41) is 0. The summed E-state index contributed by atoms with van der Waals surface area (Å²) >= 11 is 0. The molecule has 0 spiro atoms. The Hall–Kier alpha value is -2.43. The zero-order chi connectivity index (χ0) is 14.8. The first-order valence-electron chi connectivity index (χ1n) is 6.90. The molecular formula is C16H16FN3O. The summed E-state index contributed by atoms with van der Waals surface area (Å²) < 4.78 is 13.3. The maximum absolute atomic E-state index is 13.3. The number of nitrogens with two attached hydrogens (primary N) is 1. The van der Waals surface area contributed by atoms with Crippen LogP contribution in [0, 0.1) is 5.82 Å². The summed E-state index contributed by atoms with van der Waals surface area (Å²) in [6, 6.07) is 9.84. The minimum atomic E-state index is -0.290. The molecule has 3 rings (SSSR count). The molecule has 21 heavy (non-hydrogen) atoms. The van der Waals surface area contributed by atoms with Crippen LogP contribution in [-0.4, -0.2) is 21.8 Å². The Labute approximate surface area is 122 Å². The second-order valence-corrected chi connectivity index (χ2v) is 5.27. The number of carbonyl (C=O) groups is 1. The summed E-state index contributed by atoms with van der Waals surface area (Å²) in [6.45, 7) is 0.396. The number of hydrogen-bond donors (Lipinski definition) is 1. The van der Waals surface area contributed by atoms with Crippen molar-refractivity contribution in [3.63, 3.8) is 0 Å². The van der Waals surface area contributed by atoms with E-state index in [9.17, 15) is 9.18 Å². The Morgan fingerprint density at radius 2 is 2.14 bits per heavy atom. The number of halogens is 1. The lowest BCUT2D eigenvalue weighted by Gasteiger charge is -2.22. The predicted molar refractivity (Wildman–Crippen MR) is 77.9 cm³/mol. The topological polar surface area (TPSA) is 59.2 Å². The van der Waals surface area contributed by atoms with Gasteiger partial charge in [-0.3, -0.25) is 4.79 Å². The highest BCUT2D eigenvalue weighted by Crippen LogP contribution is 2.29. The molecular weight excluding hydrogens is 269 g/mol. The SMILES string of the molecule is Nc1ccc(C(=O)N(Cc2cccc(F)c2)C2CC2)nc1. The first kappa shape index (κ1) is 13.5. The van der Waals surface area contributed by atoms with Gasteiger partial charge in [0.25, 0.3) is 5.91 Å². The maximum atomic E-state index is 13.3. The van der Waals surface area contributed by atoms with Gasteiger partial charge in [-0.25, -0.2) is 9.37 Å². The molecule has 0 atom stereocenters. The lowest BCUT2D eigenvalue weighted by Crippen LogP contribution is -2.33. The summed E-state index contributed by atoms with van der Waals surface area (Å²) in [5.41, 5.74) is 7.26. The van der Waals surface area contributed by atoms with Crippen LogP contribution >= 0.6 is 0 Å². The van der Waals surface area contributed by atoms with Gasteiger partial charge in [0.15, 0.2) is 0 Å². The Morgan fingerprint density at radius 3 is 2.76 bits per heavy atom. The molecule has 0 bridgehead atoms. The van der Waals surface area contributed by atoms with E-state index in [0.29, 0.717) is 17.9 Å². The quantitative estimate of drug-likeness (QED) is 0.939. The average molecular weight is 285 g/mol. The van der Waals surface area contributed by atoms with E-state index in [1.54, 1.807) is 23.1 Å². The lowest BCUT2D eigenvalue weighted by atomic mass is 10.2. The zero-order valence-corrected chi connectivity index (χ0v) is 11.5. The third-order valence-electron chi connectivity index (χ3n) is 3.50. The van der Waals surface area contributed by atoms with Crippen molar-refractivity contribution in [2.45, 2.75) is 25.4 Å². The number of carbonyl (C=O) groups excluding carboxylic acids is 1. The third-order valence-corrected chi connectivity index (χ3v) is 3.50. The van der Waals surface area contributed by atoms with Gasteiger partial charge < -0.3 is 10.6 Å². The average Bonchev–Trinajstić information content (AvgIpc) is 3.29. The number of nitrogen functional groups attached to an aromatic ring is 1. The van der Waals surface area contributed by atoms with Gasteiger partial charge in [-0.1, -0.05) is 12.1 Å². The van der Waals surface area contributed by atoms with Crippen LogP contribution in [0.1, 0.15) is 28.9 Å². The molecule has 1 fully saturated rings. The van der Waals surface area contributed by atoms with Gasteiger partial charge in [-0.05, 0) is 42.7 Å². The molecule has 5 heteroatoms. The second kappa shape index (κ2) is 5.52. The van der Waals surface area contributed by atoms with E-state index < -0.39 is 0 Å². The smallest absolute Gasteiger partial charge is 0.272 e. The highest BCUT2D eigenvalue weighted by atomic mass is 19.1. The summed E-state index contributed by atoms with van der Waals surface area (Å²) in [4.78, 5) is 18.4. The third kappa shape index (κ3) is 3.18. The Kier molecular flexibility index (Phi) is 3.56. The number of pyridine rings is 1. The first-order valence-corrected chi connectivity index (χ1v) is 6.90. The van der Waals surface area contributed by atoms with Crippen LogP contribution in [0.15, 0.2) is 42.6 Å². The molecule has 0 aliphatic heterocycles. The van der Waals surface area contributed by atoms with Gasteiger partial charge in [0, 0.05) is 12.6 Å². The molecule has 2 aromatic rings. The Balaban J connectivity index is 1.81. The van der Waals surface area contributed by atoms with E-state index in [1.165, 1.54) is 18.3 Å². The fourth-order valence-corrected chi connectivity index (χ4v) is 2.26. The highest BCUT2D eigenvalue weighted by Gasteiger charge is 2.33. The van der Waals surface area contributed by atoms with Crippen molar-refractivity contribution in [3.8, 4) is 0 Å². The molecule has 0 saturated heterocycles. The first-order chi connectivity index (χ1) is 10.1. The van der Waals surface area contributed by atoms with Crippen molar-refractivity contribution < 1.29 is 9.18 Å². The molecule has 2 N–H and O–H groups in total. The standard InChI is InChI=1S/C16H16FN3O/c17-12-3-1-2-11(8-12)10-20(14-5-6-14)16(21)15-7-4-13(18)9-19-15/h1-4,7-9,14H,5-6,10,18H2. The number of nitrogens with zero attached hydrogens (tertiary/aromatic N) is 2. The summed E-state index contributed by atoms with van der Waals surface area (Å²) in [6.07, 6.45) is 3.44. The largest absolute Gasteiger partial charge is 0.397 e. The second-order valence-electron chi connectivity index (χ2n) is 5.27. The molecule has 1 heterocycles. The number of anilines is 1. The minimum absolute atomic E-state index is 0.137. The van der Waals surface area contributed by atoms with Crippen LogP contribution in [0.2, 0.25) is 0 Å². The van der Waals surface area contributed by atoms with Crippen molar-refractivity contribution in [1.29, 1.82) is 0 Å². The molecule has 0 unspecified atom stereocenters. The van der Waals surface area contributed by atoms with Gasteiger partial charge in [0.05, 0.1) is 11.9 Å². The van der Waals surface area contributed by atoms with Crippen LogP contribution in [-0.2, 0) is 6.54 Å². The predicted octanol–water partition coefficient (Wildman–Crippen LogP) is 2.61. The normalized spacial score (nSPS) is 14.0. The molecule has 1 aliphatic carbocycles. The highest BCUT2D eigenvalue weighted by molar-refractivity contribution is 5.92. The van der Waals surface area contributed by atoms with Crippen molar-refractivity contribution in [1.82, 2.24) is 9.88 Å². The molecule has 108 valence electrons. The lowest BCUT2D eigenvalue weighted by molar-refractivity contribution is 0.0724. The monoisotopic (exact) mass is 285 g/mol. The Bertz CT molecular complexity index is 653. The van der Waals surface area contributed by atoms with Crippen LogP contribution in [0.4, 0.5) is 10.1 Å². The van der Waals surface area contributed by atoms with Crippen molar-refractivity contribution in [3.05, 3.63) is 59.7 Å². The number of hydrogen-bond acceptors (Lipinski definition) is 3. The van der Waals surface area contributed by atoms with E-state index in [0.717, 1.165) is 18.4 Å². The van der Waals surface area contributed by atoms with Gasteiger partial charge in [-0.2, -0.15) is 0 Å². The fourth-order valence-electron chi connectivity index (χ4n) is 2.26. The van der Waals surface area contributed by atoms with Gasteiger partial charge in [0.1, 0.15) is 11.5 Å². The van der Waals surface area contributed by atoms with Crippen LogP contribution in [0.3, 0.4) is 0 Å². The minimum Gasteiger partial charge on any atom is -0.397 e. The molecule has 4 nitrogen and oxygen atoms in total. The van der Waals surface area contributed by atoms with Crippen molar-refractivity contribution >= 4 is 11.6 Å². The molecule has 0 radical (unpaired) electrons. The van der Waals surface area contributed by atoms with Gasteiger partial charge in [0.2, 0.25) is 0 Å². The summed E-state index contributed by atoms with van der Waals surface area (Å²) in [7, 11) is 0. The van der Waals surface area contributed by atoms with Crippen LogP contribution in [0.25, 0.3) is 0 Å². The number of aromatic nitrogens is 1. The van der Waals surface area contributed by atoms with Crippen LogP contribution < -0.4 is 5.73 Å². The van der Waals surface area contributed by atoms with E-state index in [4.69, 9.17) is 5.73 Å². The Morgan fingerprint density at radius 1 is 1.33 bits per heavy atom. The molecule has 1 saturated carbocycles. The number of rotatable bonds is 4. The van der Waals surface area contributed by atoms with E-state index in [-0.39, 0.29) is 17.8 Å². The molecule has 1 aromatic heterocycles. The molecule has 1 aromatic carbocycles. The number of amides is 1.